The van der Waals surface area contributed by atoms with Crippen molar-refractivity contribution in [2.75, 3.05) is 27.3 Å². The van der Waals surface area contributed by atoms with Gasteiger partial charge in [-0.3, -0.25) is 14.7 Å². The molecule has 2 aromatic rings. The molecule has 1 aromatic heterocycles. The lowest BCUT2D eigenvalue weighted by molar-refractivity contribution is -0.126. The molecule has 1 unspecified atom stereocenters. The molecule has 0 aliphatic carbocycles. The number of fused-ring (bicyclic) bond motifs is 3. The number of carbonyl (C=O) groups is 1. The number of Topliss-reactive ketones (excluding diaryl/α,β-unsaturated/α-hetero) is 1. The van der Waals surface area contributed by atoms with Crippen LogP contribution in [0.1, 0.15) is 56.0 Å². The predicted molar refractivity (Wildman–Crippen MR) is 136 cm³/mol. The minimum Gasteiger partial charge on any atom is -0.493 e. The van der Waals surface area contributed by atoms with Crippen LogP contribution in [0.2, 0.25) is 18.1 Å². The van der Waals surface area contributed by atoms with Crippen LogP contribution < -0.4 is 9.47 Å². The highest BCUT2D eigenvalue weighted by molar-refractivity contribution is 6.74. The molecule has 1 atom stereocenters. The fourth-order valence-corrected chi connectivity index (χ4v) is 5.89. The van der Waals surface area contributed by atoms with E-state index in [2.05, 4.69) is 57.0 Å². The molecule has 2 aliphatic heterocycles. The van der Waals surface area contributed by atoms with Gasteiger partial charge in [0.2, 0.25) is 0 Å². The molecule has 0 saturated carbocycles. The Kier molecular flexibility index (Phi) is 6.66. The van der Waals surface area contributed by atoms with Crippen LogP contribution in [0.3, 0.4) is 0 Å². The first kappa shape index (κ1) is 24.9. The Hall–Kier alpha value is -2.22. The standard InChI is InChI=1S/C27H38N2O4Si/c1-26(2,3)34(6,7)33-18-19-8-11-28-25(14-19)27-17-21(30)10-13-29(27)12-9-20-15-23(31-4)24(32-5)16-22(20)27/h8,11,14-16H,9-10,12-13,17-18H2,1-7H3. The van der Waals surface area contributed by atoms with E-state index in [9.17, 15) is 4.79 Å². The number of pyridine rings is 1. The average molecular weight is 483 g/mol. The van der Waals surface area contributed by atoms with Gasteiger partial charge in [-0.15, -0.1) is 0 Å². The Labute approximate surface area is 204 Å². The third kappa shape index (κ3) is 4.29. The fourth-order valence-electron chi connectivity index (χ4n) is 4.93. The maximum atomic E-state index is 12.9. The number of aromatic nitrogens is 1. The van der Waals surface area contributed by atoms with Crippen molar-refractivity contribution in [2.45, 2.75) is 70.3 Å². The SMILES string of the molecule is COc1cc2c(cc1OC)C1(c3cc(CO[Si](C)(C)C(C)(C)C)ccn3)CC(=O)CCN1CC2. The molecule has 184 valence electrons. The maximum Gasteiger partial charge on any atom is 0.192 e. The summed E-state index contributed by atoms with van der Waals surface area (Å²) in [4.78, 5) is 20.2. The summed E-state index contributed by atoms with van der Waals surface area (Å²) in [6, 6.07) is 8.29. The number of methoxy groups -OCH3 is 2. The van der Waals surface area contributed by atoms with Crippen LogP contribution in [0.5, 0.6) is 11.5 Å². The molecular weight excluding hydrogens is 444 g/mol. The van der Waals surface area contributed by atoms with Crippen molar-refractivity contribution in [2.24, 2.45) is 0 Å². The molecule has 0 bridgehead atoms. The van der Waals surface area contributed by atoms with Gasteiger partial charge in [0.05, 0.1) is 32.1 Å². The molecule has 1 saturated heterocycles. The fraction of sp³-hybridized carbons (Fsp3) is 0.556. The molecular formula is C27H38N2O4Si. The zero-order valence-corrected chi connectivity index (χ0v) is 22.7. The lowest BCUT2D eigenvalue weighted by atomic mass is 9.72. The average Bonchev–Trinajstić information content (AvgIpc) is 2.81. The molecule has 7 heteroatoms. The van der Waals surface area contributed by atoms with Gasteiger partial charge >= 0.3 is 0 Å². The molecule has 34 heavy (non-hydrogen) atoms. The molecule has 3 heterocycles. The number of carbonyl (C=O) groups excluding carboxylic acids is 1. The van der Waals surface area contributed by atoms with E-state index in [4.69, 9.17) is 18.9 Å². The van der Waals surface area contributed by atoms with Crippen molar-refractivity contribution in [1.82, 2.24) is 9.88 Å². The zero-order valence-electron chi connectivity index (χ0n) is 21.7. The lowest BCUT2D eigenvalue weighted by Gasteiger charge is -2.50. The quantitative estimate of drug-likeness (QED) is 0.535. The van der Waals surface area contributed by atoms with E-state index in [-0.39, 0.29) is 10.8 Å². The molecule has 4 rings (SSSR count). The highest BCUT2D eigenvalue weighted by atomic mass is 28.4. The first-order chi connectivity index (χ1) is 16.0. The smallest absolute Gasteiger partial charge is 0.192 e. The number of hydrogen-bond donors (Lipinski definition) is 0. The molecule has 1 fully saturated rings. The summed E-state index contributed by atoms with van der Waals surface area (Å²) in [5, 5.41) is 0.145. The van der Waals surface area contributed by atoms with Crippen LogP contribution in [-0.4, -0.2) is 51.3 Å². The van der Waals surface area contributed by atoms with E-state index < -0.39 is 13.9 Å². The van der Waals surface area contributed by atoms with E-state index in [0.717, 1.165) is 42.1 Å². The Morgan fingerprint density at radius 1 is 1.06 bits per heavy atom. The van der Waals surface area contributed by atoms with Gasteiger partial charge in [-0.25, -0.2) is 0 Å². The minimum atomic E-state index is -1.89. The first-order valence-corrected chi connectivity index (χ1v) is 15.0. The maximum absolute atomic E-state index is 12.9. The number of ether oxygens (including phenoxy) is 2. The number of piperidine rings is 1. The molecule has 6 nitrogen and oxygen atoms in total. The van der Waals surface area contributed by atoms with Crippen molar-refractivity contribution in [3.8, 4) is 11.5 Å². The van der Waals surface area contributed by atoms with E-state index in [1.165, 1.54) is 5.56 Å². The largest absolute Gasteiger partial charge is 0.493 e. The minimum absolute atomic E-state index is 0.145. The molecule has 0 spiro atoms. The predicted octanol–water partition coefficient (Wildman–Crippen LogP) is 5.09. The number of hydrogen-bond acceptors (Lipinski definition) is 6. The lowest BCUT2D eigenvalue weighted by Crippen LogP contribution is -2.56. The van der Waals surface area contributed by atoms with Crippen molar-refractivity contribution < 1.29 is 18.7 Å². The summed E-state index contributed by atoms with van der Waals surface area (Å²) in [6.45, 7) is 13.5. The summed E-state index contributed by atoms with van der Waals surface area (Å²) >= 11 is 0. The van der Waals surface area contributed by atoms with Gasteiger partial charge in [-0.05, 0) is 65.5 Å². The highest BCUT2D eigenvalue weighted by Crippen LogP contribution is 2.48. The van der Waals surface area contributed by atoms with Gasteiger partial charge in [0.15, 0.2) is 19.8 Å². The Morgan fingerprint density at radius 2 is 1.74 bits per heavy atom. The third-order valence-corrected chi connectivity index (χ3v) is 12.5. The summed E-state index contributed by atoms with van der Waals surface area (Å²) < 4.78 is 17.7. The van der Waals surface area contributed by atoms with E-state index >= 15 is 0 Å². The Bertz CT molecular complexity index is 1080. The van der Waals surface area contributed by atoms with E-state index in [0.29, 0.717) is 25.2 Å². The number of benzene rings is 1. The van der Waals surface area contributed by atoms with Gasteiger partial charge in [-0.2, -0.15) is 0 Å². The molecule has 1 aromatic carbocycles. The summed E-state index contributed by atoms with van der Waals surface area (Å²) in [7, 11) is 1.43. The van der Waals surface area contributed by atoms with Gasteiger partial charge in [0, 0.05) is 32.1 Å². The number of ketones is 1. The number of nitrogens with zero attached hydrogens (tertiary/aromatic N) is 2. The second-order valence-corrected chi connectivity index (χ2v) is 15.8. The van der Waals surface area contributed by atoms with Crippen LogP contribution >= 0.6 is 0 Å². The van der Waals surface area contributed by atoms with Crippen LogP contribution in [0.4, 0.5) is 0 Å². The van der Waals surface area contributed by atoms with Crippen LogP contribution in [0, 0.1) is 0 Å². The van der Waals surface area contributed by atoms with Crippen molar-refractivity contribution in [3.05, 3.63) is 52.8 Å². The molecule has 0 N–H and O–H groups in total. The highest BCUT2D eigenvalue weighted by Gasteiger charge is 2.49. The summed E-state index contributed by atoms with van der Waals surface area (Å²) in [6.07, 6.45) is 3.76. The number of rotatable bonds is 6. The summed E-state index contributed by atoms with van der Waals surface area (Å²) in [5.74, 6) is 1.66. The third-order valence-electron chi connectivity index (χ3n) is 8.01. The monoisotopic (exact) mass is 482 g/mol. The Morgan fingerprint density at radius 3 is 2.41 bits per heavy atom. The van der Waals surface area contributed by atoms with Crippen LogP contribution in [0.15, 0.2) is 30.5 Å². The van der Waals surface area contributed by atoms with Gasteiger partial charge in [-0.1, -0.05) is 20.8 Å². The van der Waals surface area contributed by atoms with Crippen molar-refractivity contribution in [1.29, 1.82) is 0 Å². The second-order valence-electron chi connectivity index (χ2n) is 11.0. The molecule has 0 amide bonds. The Balaban J connectivity index is 1.80. The van der Waals surface area contributed by atoms with E-state index in [1.54, 1.807) is 14.2 Å². The van der Waals surface area contributed by atoms with Gasteiger partial charge in [0.25, 0.3) is 0 Å². The van der Waals surface area contributed by atoms with Crippen molar-refractivity contribution >= 4 is 14.1 Å². The van der Waals surface area contributed by atoms with Crippen LogP contribution in [-0.2, 0) is 27.8 Å². The molecule has 2 aliphatic rings. The molecule has 0 radical (unpaired) electrons. The van der Waals surface area contributed by atoms with Crippen molar-refractivity contribution in [3.63, 3.8) is 0 Å². The first-order valence-electron chi connectivity index (χ1n) is 12.1. The topological polar surface area (TPSA) is 60.9 Å². The van der Waals surface area contributed by atoms with Gasteiger partial charge in [0.1, 0.15) is 5.78 Å². The zero-order chi connectivity index (χ0) is 24.7. The van der Waals surface area contributed by atoms with Crippen LogP contribution in [0.25, 0.3) is 0 Å². The normalized spacial score (nSPS) is 21.1. The second kappa shape index (κ2) is 9.09. The summed E-state index contributed by atoms with van der Waals surface area (Å²) in [5.41, 5.74) is 3.68. The van der Waals surface area contributed by atoms with Gasteiger partial charge < -0.3 is 13.9 Å². The van der Waals surface area contributed by atoms with E-state index in [1.807, 2.05) is 12.3 Å².